The maximum atomic E-state index is 12.8. The molecule has 182 valence electrons. The minimum absolute atomic E-state index is 0.290. The molecule has 4 rings (SSSR count). The third kappa shape index (κ3) is 5.37. The van der Waals surface area contributed by atoms with E-state index < -0.39 is 23.8 Å². The van der Waals surface area contributed by atoms with Crippen molar-refractivity contribution in [1.82, 2.24) is 20.6 Å². The largest absolute Gasteiger partial charge is 0.357 e. The molecule has 1 unspecified atom stereocenters. The Morgan fingerprint density at radius 3 is 1.94 bits per heavy atom. The van der Waals surface area contributed by atoms with Crippen molar-refractivity contribution in [1.29, 1.82) is 0 Å². The van der Waals surface area contributed by atoms with Crippen LogP contribution in [0.25, 0.3) is 0 Å². The van der Waals surface area contributed by atoms with Crippen LogP contribution in [0.15, 0.2) is 48.5 Å². The van der Waals surface area contributed by atoms with E-state index >= 15 is 0 Å². The lowest BCUT2D eigenvalue weighted by atomic mass is 10.0. The number of carbonyl (C=O) groups excluding carboxylic acids is 3. The summed E-state index contributed by atoms with van der Waals surface area (Å²) in [7, 11) is 2.67. The fraction of sp³-hybridized carbons (Fsp3) is 0.370. The van der Waals surface area contributed by atoms with Gasteiger partial charge in [-0.3, -0.25) is 24.5 Å². The predicted octanol–water partition coefficient (Wildman–Crippen LogP) is 1.91. The van der Waals surface area contributed by atoms with Crippen molar-refractivity contribution in [3.8, 4) is 11.8 Å². The molecule has 3 amide bonds. The number of carbonyl (C=O) groups is 3. The number of amides is 3. The zero-order valence-electron chi connectivity index (χ0n) is 20.0. The van der Waals surface area contributed by atoms with Gasteiger partial charge in [-0.2, -0.15) is 0 Å². The van der Waals surface area contributed by atoms with Crippen LogP contribution >= 0.6 is 0 Å². The van der Waals surface area contributed by atoms with E-state index in [1.165, 1.54) is 50.8 Å². The van der Waals surface area contributed by atoms with Crippen LogP contribution in [0.2, 0.25) is 0 Å². The lowest BCUT2D eigenvalue weighted by Gasteiger charge is -2.25. The van der Waals surface area contributed by atoms with Crippen LogP contribution in [-0.4, -0.2) is 64.9 Å². The molecule has 2 bridgehead atoms. The van der Waals surface area contributed by atoms with Crippen molar-refractivity contribution in [2.24, 2.45) is 0 Å². The number of hydrogen-bond acceptors (Lipinski definition) is 5. The van der Waals surface area contributed by atoms with Crippen molar-refractivity contribution in [3.05, 3.63) is 70.8 Å². The van der Waals surface area contributed by atoms with Crippen LogP contribution < -0.4 is 10.8 Å². The van der Waals surface area contributed by atoms with Gasteiger partial charge in [0.2, 0.25) is 0 Å². The monoisotopic (exact) mass is 474 g/mol. The Morgan fingerprint density at radius 1 is 0.943 bits per heavy atom. The standard InChI is InChI=1S/C27H30N4O4/c1-28-25(32)24(26(33)29-35)30(2)27(34)21-11-9-19(10-12-21)4-3-18-5-7-20(8-6-18)17-31-22-13-14-23(31)16-15-22/h5-12,22-24,35H,13-17H2,1-2H3,(H,28,32)(H,29,33). The molecule has 0 radical (unpaired) electrons. The second kappa shape index (κ2) is 10.7. The first-order valence-corrected chi connectivity index (χ1v) is 11.8. The molecule has 0 spiro atoms. The van der Waals surface area contributed by atoms with Gasteiger partial charge in [0.15, 0.2) is 6.04 Å². The summed E-state index contributed by atoms with van der Waals surface area (Å²) in [6.45, 7) is 1.01. The van der Waals surface area contributed by atoms with Crippen molar-refractivity contribution in [2.45, 2.75) is 50.4 Å². The van der Waals surface area contributed by atoms with E-state index in [9.17, 15) is 14.4 Å². The Bertz CT molecular complexity index is 1110. The van der Waals surface area contributed by atoms with Gasteiger partial charge < -0.3 is 10.2 Å². The molecule has 2 aliphatic heterocycles. The molecule has 8 heteroatoms. The summed E-state index contributed by atoms with van der Waals surface area (Å²) in [6.07, 6.45) is 5.34. The summed E-state index contributed by atoms with van der Waals surface area (Å²) in [6, 6.07) is 15.0. The van der Waals surface area contributed by atoms with Crippen LogP contribution in [0.3, 0.4) is 0 Å². The highest BCUT2D eigenvalue weighted by Gasteiger charge is 2.38. The number of hydroxylamine groups is 1. The van der Waals surface area contributed by atoms with Gasteiger partial charge in [0.05, 0.1) is 0 Å². The molecule has 0 saturated carbocycles. The van der Waals surface area contributed by atoms with Gasteiger partial charge in [-0.25, -0.2) is 5.48 Å². The molecule has 3 N–H and O–H groups in total. The Morgan fingerprint density at radius 2 is 1.46 bits per heavy atom. The average Bonchev–Trinajstić information content (AvgIpc) is 3.46. The molecule has 8 nitrogen and oxygen atoms in total. The lowest BCUT2D eigenvalue weighted by molar-refractivity contribution is -0.140. The maximum absolute atomic E-state index is 12.8. The molecule has 0 aromatic heterocycles. The highest BCUT2D eigenvalue weighted by Crippen LogP contribution is 2.38. The van der Waals surface area contributed by atoms with Crippen LogP contribution in [-0.2, 0) is 16.1 Å². The van der Waals surface area contributed by atoms with Crippen LogP contribution in [0.4, 0.5) is 0 Å². The Balaban J connectivity index is 1.39. The van der Waals surface area contributed by atoms with E-state index in [4.69, 9.17) is 5.21 Å². The Kier molecular flexibility index (Phi) is 7.49. The van der Waals surface area contributed by atoms with E-state index in [2.05, 4.69) is 34.2 Å². The van der Waals surface area contributed by atoms with Gasteiger partial charge in [-0.15, -0.1) is 0 Å². The van der Waals surface area contributed by atoms with Crippen molar-refractivity contribution >= 4 is 17.7 Å². The number of hydrogen-bond donors (Lipinski definition) is 3. The number of nitrogens with zero attached hydrogens (tertiary/aromatic N) is 2. The summed E-state index contributed by atoms with van der Waals surface area (Å²) in [5.41, 5.74) is 4.68. The first-order valence-electron chi connectivity index (χ1n) is 11.8. The topological polar surface area (TPSA) is 102 Å². The molecular formula is C27H30N4O4. The summed E-state index contributed by atoms with van der Waals surface area (Å²) < 4.78 is 0. The summed E-state index contributed by atoms with van der Waals surface area (Å²) >= 11 is 0. The third-order valence-electron chi connectivity index (χ3n) is 6.97. The number of nitrogens with one attached hydrogen (secondary N) is 2. The highest BCUT2D eigenvalue weighted by molar-refractivity contribution is 6.08. The molecule has 2 aromatic carbocycles. The predicted molar refractivity (Wildman–Crippen MR) is 130 cm³/mol. The molecule has 2 aromatic rings. The Labute approximate surface area is 205 Å². The zero-order chi connectivity index (χ0) is 24.9. The van der Waals surface area contributed by atoms with Gasteiger partial charge in [-0.05, 0) is 67.6 Å². The smallest absolute Gasteiger partial charge is 0.275 e. The summed E-state index contributed by atoms with van der Waals surface area (Å²) in [5, 5.41) is 11.2. The molecule has 0 aliphatic carbocycles. The van der Waals surface area contributed by atoms with Gasteiger partial charge in [0.25, 0.3) is 17.7 Å². The van der Waals surface area contributed by atoms with E-state index in [1.807, 2.05) is 12.1 Å². The highest BCUT2D eigenvalue weighted by atomic mass is 16.5. The van der Waals surface area contributed by atoms with E-state index in [1.54, 1.807) is 24.3 Å². The van der Waals surface area contributed by atoms with Gasteiger partial charge in [0.1, 0.15) is 0 Å². The molecule has 2 saturated heterocycles. The number of benzene rings is 2. The van der Waals surface area contributed by atoms with Crippen molar-refractivity contribution in [2.75, 3.05) is 14.1 Å². The average molecular weight is 475 g/mol. The number of rotatable bonds is 6. The van der Waals surface area contributed by atoms with E-state index in [-0.39, 0.29) is 5.56 Å². The quantitative estimate of drug-likeness (QED) is 0.257. The molecule has 2 fully saturated rings. The minimum Gasteiger partial charge on any atom is -0.357 e. The molecule has 35 heavy (non-hydrogen) atoms. The first-order chi connectivity index (χ1) is 16.9. The lowest BCUT2D eigenvalue weighted by Crippen LogP contribution is -2.54. The van der Waals surface area contributed by atoms with Gasteiger partial charge in [0, 0.05) is 49.4 Å². The molecular weight excluding hydrogens is 444 g/mol. The zero-order valence-corrected chi connectivity index (χ0v) is 20.0. The third-order valence-corrected chi connectivity index (χ3v) is 6.97. The van der Waals surface area contributed by atoms with Crippen molar-refractivity contribution in [3.63, 3.8) is 0 Å². The first kappa shape index (κ1) is 24.5. The minimum atomic E-state index is -1.50. The van der Waals surface area contributed by atoms with Crippen LogP contribution in [0, 0.1) is 11.8 Å². The number of likely N-dealkylation sites (N-methyl/N-ethyl adjacent to an activating group) is 2. The van der Waals surface area contributed by atoms with E-state index in [0.717, 1.165) is 34.7 Å². The van der Waals surface area contributed by atoms with E-state index in [0.29, 0.717) is 0 Å². The number of fused-ring (bicyclic) bond motifs is 2. The summed E-state index contributed by atoms with van der Waals surface area (Å²) in [5.74, 6) is 4.01. The second-order valence-electron chi connectivity index (χ2n) is 9.07. The normalized spacial score (nSPS) is 19.4. The SMILES string of the molecule is CNC(=O)C(C(=O)NO)N(C)C(=O)c1ccc(C#Cc2ccc(CN3C4CCC3CC4)cc2)cc1. The fourth-order valence-corrected chi connectivity index (χ4v) is 5.01. The van der Waals surface area contributed by atoms with Crippen LogP contribution in [0.5, 0.6) is 0 Å². The fourth-order valence-electron chi connectivity index (χ4n) is 5.01. The van der Waals surface area contributed by atoms with Crippen molar-refractivity contribution < 1.29 is 19.6 Å². The second-order valence-corrected chi connectivity index (χ2v) is 9.07. The van der Waals surface area contributed by atoms with Gasteiger partial charge >= 0.3 is 0 Å². The molecule has 2 heterocycles. The Hall–Kier alpha value is -3.67. The maximum Gasteiger partial charge on any atom is 0.275 e. The van der Waals surface area contributed by atoms with Crippen LogP contribution in [0.1, 0.15) is 52.7 Å². The molecule has 2 aliphatic rings. The van der Waals surface area contributed by atoms with Gasteiger partial charge in [-0.1, -0.05) is 24.0 Å². The molecule has 1 atom stereocenters. The summed E-state index contributed by atoms with van der Waals surface area (Å²) in [4.78, 5) is 40.3.